The van der Waals surface area contributed by atoms with Gasteiger partial charge >= 0.3 is 5.97 Å². The fourth-order valence-electron chi connectivity index (χ4n) is 2.09. The molecule has 1 unspecified atom stereocenters. The summed E-state index contributed by atoms with van der Waals surface area (Å²) in [6.45, 7) is 7.14. The molecule has 1 atom stereocenters. The van der Waals surface area contributed by atoms with Gasteiger partial charge in [0.2, 0.25) is 0 Å². The van der Waals surface area contributed by atoms with Crippen LogP contribution in [0, 0.1) is 11.8 Å². The van der Waals surface area contributed by atoms with Crippen molar-refractivity contribution in [3.8, 4) is 17.6 Å². The highest BCUT2D eigenvalue weighted by molar-refractivity contribution is 5.88. The van der Waals surface area contributed by atoms with E-state index in [9.17, 15) is 4.79 Å². The molecule has 0 heterocycles. The summed E-state index contributed by atoms with van der Waals surface area (Å²) >= 11 is 0. The van der Waals surface area contributed by atoms with Gasteiger partial charge in [0, 0.05) is 13.0 Å². The first-order valence-corrected chi connectivity index (χ1v) is 7.80. The molecule has 0 radical (unpaired) electrons. The number of carbonyl (C=O) groups excluding carboxylic acids is 1. The lowest BCUT2D eigenvalue weighted by Crippen LogP contribution is -2.28. The van der Waals surface area contributed by atoms with Crippen LogP contribution in [0.3, 0.4) is 0 Å². The van der Waals surface area contributed by atoms with E-state index in [4.69, 9.17) is 14.2 Å². The molecule has 24 heavy (non-hydrogen) atoms. The van der Waals surface area contributed by atoms with Gasteiger partial charge in [-0.3, -0.25) is 4.90 Å². The molecule has 0 aliphatic carbocycles. The molecular weight excluding hydrogens is 306 g/mol. The molecule has 0 aromatic heterocycles. The van der Waals surface area contributed by atoms with Gasteiger partial charge in [0.05, 0.1) is 25.8 Å². The fourth-order valence-corrected chi connectivity index (χ4v) is 2.09. The zero-order valence-electron chi connectivity index (χ0n) is 14.6. The predicted octanol–water partition coefficient (Wildman–Crippen LogP) is 2.44. The molecular formula is C19H25NO4. The van der Waals surface area contributed by atoms with Crippen molar-refractivity contribution in [2.24, 2.45) is 0 Å². The zero-order valence-corrected chi connectivity index (χ0v) is 14.6. The third kappa shape index (κ3) is 6.86. The summed E-state index contributed by atoms with van der Waals surface area (Å²) in [7, 11) is 3.60. The fraction of sp³-hybridized carbons (Fsp3) is 0.421. The third-order valence-electron chi connectivity index (χ3n) is 3.28. The van der Waals surface area contributed by atoms with E-state index in [2.05, 4.69) is 18.4 Å². The number of rotatable bonds is 9. The number of methoxy groups -OCH3 is 1. The van der Waals surface area contributed by atoms with Gasteiger partial charge in [0.1, 0.15) is 12.4 Å². The maximum atomic E-state index is 11.3. The van der Waals surface area contributed by atoms with Crippen LogP contribution >= 0.6 is 0 Å². The summed E-state index contributed by atoms with van der Waals surface area (Å²) in [5.74, 6) is 5.59. The molecule has 0 bridgehead atoms. The van der Waals surface area contributed by atoms with Gasteiger partial charge < -0.3 is 14.2 Å². The minimum Gasteiger partial charge on any atom is -0.490 e. The Morgan fingerprint density at radius 3 is 2.67 bits per heavy atom. The van der Waals surface area contributed by atoms with E-state index in [1.165, 1.54) is 0 Å². The second-order valence-electron chi connectivity index (χ2n) is 5.08. The number of nitrogens with zero attached hydrogens (tertiary/aromatic N) is 1. The number of carbonyl (C=O) groups is 1. The zero-order chi connectivity index (χ0) is 17.8. The van der Waals surface area contributed by atoms with E-state index in [1.807, 2.05) is 36.2 Å². The van der Waals surface area contributed by atoms with Crippen molar-refractivity contribution in [3.63, 3.8) is 0 Å². The van der Waals surface area contributed by atoms with Gasteiger partial charge in [-0.25, -0.2) is 4.79 Å². The summed E-state index contributed by atoms with van der Waals surface area (Å²) in [6, 6.07) is 7.86. The van der Waals surface area contributed by atoms with Crippen LogP contribution in [-0.4, -0.2) is 51.4 Å². The largest absolute Gasteiger partial charge is 0.490 e. The molecule has 0 amide bonds. The normalized spacial score (nSPS) is 11.3. The molecule has 0 aliphatic rings. The third-order valence-corrected chi connectivity index (χ3v) is 3.28. The standard InChI is InChI=1S/C19H25NO4/c1-5-14-24-17-11-9-16(10-12-17)18(15-22-4)20(3)13-7-8-19(21)23-6-2/h5,9-12,18H,1,6,13-15H2,2-4H3. The van der Waals surface area contributed by atoms with Crippen molar-refractivity contribution in [2.75, 3.05) is 40.5 Å². The molecule has 0 spiro atoms. The maximum absolute atomic E-state index is 11.3. The first-order valence-electron chi connectivity index (χ1n) is 7.80. The van der Waals surface area contributed by atoms with Crippen molar-refractivity contribution < 1.29 is 19.0 Å². The van der Waals surface area contributed by atoms with Crippen LogP contribution < -0.4 is 4.74 Å². The molecule has 130 valence electrons. The highest BCUT2D eigenvalue weighted by Crippen LogP contribution is 2.22. The number of hydrogen-bond donors (Lipinski definition) is 0. The monoisotopic (exact) mass is 331 g/mol. The van der Waals surface area contributed by atoms with E-state index in [-0.39, 0.29) is 6.04 Å². The number of likely N-dealkylation sites (N-methyl/N-ethyl adjacent to an activating group) is 1. The van der Waals surface area contributed by atoms with Crippen molar-refractivity contribution in [1.29, 1.82) is 0 Å². The number of hydrogen-bond acceptors (Lipinski definition) is 5. The molecule has 0 saturated heterocycles. The van der Waals surface area contributed by atoms with Crippen LogP contribution in [0.15, 0.2) is 36.9 Å². The number of benzene rings is 1. The smallest absolute Gasteiger partial charge is 0.384 e. The Morgan fingerprint density at radius 2 is 2.08 bits per heavy atom. The predicted molar refractivity (Wildman–Crippen MR) is 93.8 cm³/mol. The van der Waals surface area contributed by atoms with Gasteiger partial charge in [-0.2, -0.15) is 0 Å². The van der Waals surface area contributed by atoms with Gasteiger partial charge in [-0.15, -0.1) is 0 Å². The van der Waals surface area contributed by atoms with Crippen LogP contribution in [0.2, 0.25) is 0 Å². The van der Waals surface area contributed by atoms with Crippen molar-refractivity contribution >= 4 is 5.97 Å². The van der Waals surface area contributed by atoms with Crippen LogP contribution in [0.1, 0.15) is 18.5 Å². The Hall–Kier alpha value is -2.29. The average molecular weight is 331 g/mol. The molecule has 1 aromatic carbocycles. The Kier molecular flexibility index (Phi) is 9.28. The van der Waals surface area contributed by atoms with Gasteiger partial charge in [0.15, 0.2) is 0 Å². The van der Waals surface area contributed by atoms with Gasteiger partial charge in [-0.05, 0) is 31.7 Å². The lowest BCUT2D eigenvalue weighted by molar-refractivity contribution is -0.136. The molecule has 0 saturated carbocycles. The highest BCUT2D eigenvalue weighted by Gasteiger charge is 2.16. The number of esters is 1. The minimum absolute atomic E-state index is 0.0277. The summed E-state index contributed by atoms with van der Waals surface area (Å²) in [5.41, 5.74) is 1.09. The van der Waals surface area contributed by atoms with E-state index in [1.54, 1.807) is 20.1 Å². The van der Waals surface area contributed by atoms with E-state index in [0.717, 1.165) is 11.3 Å². The molecule has 0 aliphatic heterocycles. The second kappa shape index (κ2) is 11.3. The van der Waals surface area contributed by atoms with Crippen molar-refractivity contribution in [1.82, 2.24) is 4.90 Å². The lowest BCUT2D eigenvalue weighted by atomic mass is 10.1. The van der Waals surface area contributed by atoms with Crippen molar-refractivity contribution in [2.45, 2.75) is 13.0 Å². The Labute approximate surface area is 144 Å². The first-order chi connectivity index (χ1) is 11.6. The topological polar surface area (TPSA) is 48.0 Å². The molecule has 0 N–H and O–H groups in total. The summed E-state index contributed by atoms with van der Waals surface area (Å²) < 4.78 is 15.6. The van der Waals surface area contributed by atoms with Crippen LogP contribution in [-0.2, 0) is 14.3 Å². The van der Waals surface area contributed by atoms with Gasteiger partial charge in [-0.1, -0.05) is 30.7 Å². The van der Waals surface area contributed by atoms with Crippen LogP contribution in [0.5, 0.6) is 5.75 Å². The minimum atomic E-state index is -0.502. The number of ether oxygens (including phenoxy) is 3. The van der Waals surface area contributed by atoms with E-state index < -0.39 is 5.97 Å². The summed E-state index contributed by atoms with van der Waals surface area (Å²) in [4.78, 5) is 13.3. The SMILES string of the molecule is C=CCOc1ccc(C(COC)N(C)CC#CC(=O)OCC)cc1. The molecule has 5 heteroatoms. The summed E-state index contributed by atoms with van der Waals surface area (Å²) in [6.07, 6.45) is 1.71. The molecule has 5 nitrogen and oxygen atoms in total. The maximum Gasteiger partial charge on any atom is 0.384 e. The second-order valence-corrected chi connectivity index (χ2v) is 5.08. The van der Waals surface area contributed by atoms with Crippen LogP contribution in [0.4, 0.5) is 0 Å². The molecule has 0 fully saturated rings. The first kappa shape index (κ1) is 19.8. The van der Waals surface area contributed by atoms with Crippen molar-refractivity contribution in [3.05, 3.63) is 42.5 Å². The van der Waals surface area contributed by atoms with E-state index in [0.29, 0.717) is 26.4 Å². The molecule has 1 rings (SSSR count). The Morgan fingerprint density at radius 1 is 1.38 bits per heavy atom. The highest BCUT2D eigenvalue weighted by atomic mass is 16.5. The lowest BCUT2D eigenvalue weighted by Gasteiger charge is -2.26. The summed E-state index contributed by atoms with van der Waals surface area (Å²) in [5, 5.41) is 0. The Bertz CT molecular complexity index is 571. The Balaban J connectivity index is 2.74. The molecule has 1 aromatic rings. The van der Waals surface area contributed by atoms with E-state index >= 15 is 0 Å². The van der Waals surface area contributed by atoms with Crippen LogP contribution in [0.25, 0.3) is 0 Å². The quantitative estimate of drug-likeness (QED) is 0.301. The average Bonchev–Trinajstić information content (AvgIpc) is 2.58. The van der Waals surface area contributed by atoms with Gasteiger partial charge in [0.25, 0.3) is 0 Å².